The third-order valence-electron chi connectivity index (χ3n) is 2.29. The number of anilines is 1. The number of nitrogens with two attached hydrogens (primary N) is 1. The van der Waals surface area contributed by atoms with Crippen molar-refractivity contribution in [2.45, 2.75) is 6.42 Å². The van der Waals surface area contributed by atoms with Gasteiger partial charge in [-0.15, -0.1) is 0 Å². The molecular weight excluding hydrogens is 204 g/mol. The van der Waals surface area contributed by atoms with Gasteiger partial charge in [-0.3, -0.25) is 9.79 Å². The zero-order chi connectivity index (χ0) is 12.1. The van der Waals surface area contributed by atoms with Crippen LogP contribution in [0.5, 0.6) is 0 Å². The minimum atomic E-state index is -0.351. The highest BCUT2D eigenvalue weighted by molar-refractivity contribution is 5.81. The predicted molar refractivity (Wildman–Crippen MR) is 65.9 cm³/mol. The van der Waals surface area contributed by atoms with Crippen LogP contribution in [0.1, 0.15) is 11.1 Å². The maximum absolute atomic E-state index is 11.2. The van der Waals surface area contributed by atoms with Crippen LogP contribution in [0.25, 0.3) is 6.08 Å². The lowest BCUT2D eigenvalue weighted by atomic mass is 10.0. The molecule has 0 fully saturated rings. The molecular formula is C12H14N2O2. The third-order valence-corrected chi connectivity index (χ3v) is 2.29. The molecule has 0 bridgehead atoms. The molecule has 1 aromatic carbocycles. The fraction of sp³-hybridized carbons (Fsp3) is 0.167. The topological polar surface area (TPSA) is 64.7 Å². The molecule has 0 saturated heterocycles. The van der Waals surface area contributed by atoms with E-state index < -0.39 is 0 Å². The number of hydrogen-bond acceptors (Lipinski definition) is 4. The van der Waals surface area contributed by atoms with Gasteiger partial charge in [0.2, 0.25) is 0 Å². The minimum Gasteiger partial charge on any atom is -0.469 e. The van der Waals surface area contributed by atoms with Gasteiger partial charge < -0.3 is 10.5 Å². The lowest BCUT2D eigenvalue weighted by Gasteiger charge is -2.10. The molecule has 0 aliphatic heterocycles. The van der Waals surface area contributed by atoms with Crippen LogP contribution in [0.3, 0.4) is 0 Å². The molecule has 0 amide bonds. The molecule has 1 rings (SSSR count). The van der Waals surface area contributed by atoms with E-state index in [-0.39, 0.29) is 12.4 Å². The molecule has 0 spiro atoms. The normalized spacial score (nSPS) is 9.56. The quantitative estimate of drug-likeness (QED) is 0.477. The lowest BCUT2D eigenvalue weighted by Crippen LogP contribution is -2.08. The molecule has 0 aromatic heterocycles. The van der Waals surface area contributed by atoms with E-state index >= 15 is 0 Å². The second-order valence-electron chi connectivity index (χ2n) is 3.18. The molecule has 0 heterocycles. The van der Waals surface area contributed by atoms with Crippen LogP contribution in [0.15, 0.2) is 23.7 Å². The standard InChI is InChI=1S/C12H14N2O2/c1-4-8-9(7-12(15)16-3)10(13)5-6-11(8)14-2/h4-6H,1-2,7,13H2,3H3. The number of carbonyl (C=O) groups excluding carboxylic acids is 1. The Morgan fingerprint density at radius 2 is 2.31 bits per heavy atom. The Labute approximate surface area is 94.4 Å². The van der Waals surface area contributed by atoms with Crippen molar-refractivity contribution in [3.8, 4) is 0 Å². The maximum Gasteiger partial charge on any atom is 0.310 e. The number of esters is 1. The Morgan fingerprint density at radius 3 is 2.81 bits per heavy atom. The molecule has 0 aliphatic rings. The molecule has 84 valence electrons. The van der Waals surface area contributed by atoms with Crippen LogP contribution in [0, 0.1) is 0 Å². The summed E-state index contributed by atoms with van der Waals surface area (Å²) in [7, 11) is 1.34. The first-order valence-corrected chi connectivity index (χ1v) is 4.71. The average Bonchev–Trinajstić information content (AvgIpc) is 2.31. The summed E-state index contributed by atoms with van der Waals surface area (Å²) in [6.45, 7) is 7.13. The Kier molecular flexibility index (Phi) is 3.83. The molecule has 1 aromatic rings. The van der Waals surface area contributed by atoms with Crippen molar-refractivity contribution >= 4 is 30.1 Å². The molecule has 0 aliphatic carbocycles. The van der Waals surface area contributed by atoms with Gasteiger partial charge in [-0.05, 0) is 24.4 Å². The maximum atomic E-state index is 11.2. The fourth-order valence-corrected chi connectivity index (χ4v) is 1.45. The summed E-state index contributed by atoms with van der Waals surface area (Å²) >= 11 is 0. The summed E-state index contributed by atoms with van der Waals surface area (Å²) in [6.07, 6.45) is 1.71. The summed E-state index contributed by atoms with van der Waals surface area (Å²) in [5.41, 5.74) is 8.38. The Hall–Kier alpha value is -2.10. The number of nitrogens with zero attached hydrogens (tertiary/aromatic N) is 1. The summed E-state index contributed by atoms with van der Waals surface area (Å²) in [5.74, 6) is -0.351. The van der Waals surface area contributed by atoms with Crippen LogP contribution >= 0.6 is 0 Å². The summed E-state index contributed by atoms with van der Waals surface area (Å²) < 4.78 is 4.61. The number of hydrogen-bond donors (Lipinski definition) is 1. The highest BCUT2D eigenvalue weighted by atomic mass is 16.5. The number of rotatable bonds is 4. The van der Waals surface area contributed by atoms with Crippen molar-refractivity contribution in [3.63, 3.8) is 0 Å². The number of methoxy groups -OCH3 is 1. The second-order valence-corrected chi connectivity index (χ2v) is 3.18. The fourth-order valence-electron chi connectivity index (χ4n) is 1.45. The van der Waals surface area contributed by atoms with Gasteiger partial charge in [0, 0.05) is 11.3 Å². The summed E-state index contributed by atoms with van der Waals surface area (Å²) in [6, 6.07) is 3.43. The number of aliphatic imine (C=N–C) groups is 1. The van der Waals surface area contributed by atoms with Crippen LogP contribution in [-0.4, -0.2) is 19.8 Å². The summed E-state index contributed by atoms with van der Waals surface area (Å²) in [4.78, 5) is 15.1. The van der Waals surface area contributed by atoms with Gasteiger partial charge in [0.25, 0.3) is 0 Å². The Bertz CT molecular complexity index is 439. The minimum absolute atomic E-state index is 0.104. The van der Waals surface area contributed by atoms with E-state index in [2.05, 4.69) is 23.0 Å². The van der Waals surface area contributed by atoms with Gasteiger partial charge in [-0.1, -0.05) is 12.7 Å². The molecule has 16 heavy (non-hydrogen) atoms. The zero-order valence-corrected chi connectivity index (χ0v) is 9.19. The van der Waals surface area contributed by atoms with E-state index in [1.807, 2.05) is 0 Å². The van der Waals surface area contributed by atoms with Crippen molar-refractivity contribution in [2.24, 2.45) is 4.99 Å². The van der Waals surface area contributed by atoms with Crippen LogP contribution < -0.4 is 5.73 Å². The van der Waals surface area contributed by atoms with Gasteiger partial charge in [0.1, 0.15) is 0 Å². The number of carbonyl (C=O) groups is 1. The van der Waals surface area contributed by atoms with Crippen molar-refractivity contribution in [2.75, 3.05) is 12.8 Å². The van der Waals surface area contributed by atoms with Gasteiger partial charge >= 0.3 is 5.97 Å². The highest BCUT2D eigenvalue weighted by Gasteiger charge is 2.12. The van der Waals surface area contributed by atoms with Crippen LogP contribution in [0.4, 0.5) is 11.4 Å². The van der Waals surface area contributed by atoms with E-state index in [4.69, 9.17) is 5.73 Å². The van der Waals surface area contributed by atoms with E-state index in [1.54, 1.807) is 18.2 Å². The number of ether oxygens (including phenoxy) is 1. The number of nitrogen functional groups attached to an aromatic ring is 1. The molecule has 0 atom stereocenters. The predicted octanol–water partition coefficient (Wildman–Crippen LogP) is 1.96. The smallest absolute Gasteiger partial charge is 0.310 e. The first-order valence-electron chi connectivity index (χ1n) is 4.71. The summed E-state index contributed by atoms with van der Waals surface area (Å²) in [5, 5.41) is 0. The highest BCUT2D eigenvalue weighted by Crippen LogP contribution is 2.28. The lowest BCUT2D eigenvalue weighted by molar-refractivity contribution is -0.139. The monoisotopic (exact) mass is 218 g/mol. The van der Waals surface area contributed by atoms with Crippen LogP contribution in [-0.2, 0) is 16.0 Å². The molecule has 0 radical (unpaired) electrons. The average molecular weight is 218 g/mol. The Morgan fingerprint density at radius 1 is 1.62 bits per heavy atom. The van der Waals surface area contributed by atoms with Gasteiger partial charge in [-0.25, -0.2) is 0 Å². The van der Waals surface area contributed by atoms with Crippen molar-refractivity contribution in [1.82, 2.24) is 0 Å². The van der Waals surface area contributed by atoms with Crippen molar-refractivity contribution in [1.29, 1.82) is 0 Å². The molecule has 2 N–H and O–H groups in total. The first kappa shape index (κ1) is 12.0. The van der Waals surface area contributed by atoms with Gasteiger partial charge in [0.15, 0.2) is 0 Å². The second kappa shape index (κ2) is 5.11. The third kappa shape index (κ3) is 2.28. The molecule has 4 nitrogen and oxygen atoms in total. The number of benzene rings is 1. The van der Waals surface area contributed by atoms with Crippen LogP contribution in [0.2, 0.25) is 0 Å². The largest absolute Gasteiger partial charge is 0.469 e. The van der Waals surface area contributed by atoms with Gasteiger partial charge in [0.05, 0.1) is 19.2 Å². The van der Waals surface area contributed by atoms with E-state index in [0.717, 1.165) is 5.56 Å². The van der Waals surface area contributed by atoms with Crippen molar-refractivity contribution < 1.29 is 9.53 Å². The molecule has 0 unspecified atom stereocenters. The van der Waals surface area contributed by atoms with Gasteiger partial charge in [-0.2, -0.15) is 0 Å². The molecule has 0 saturated carbocycles. The van der Waals surface area contributed by atoms with Crippen molar-refractivity contribution in [3.05, 3.63) is 29.8 Å². The molecule has 4 heteroatoms. The zero-order valence-electron chi connectivity index (χ0n) is 9.19. The first-order chi connectivity index (χ1) is 7.63. The SMILES string of the molecule is C=Cc1c(N=C)ccc(N)c1CC(=O)OC. The van der Waals surface area contributed by atoms with E-state index in [0.29, 0.717) is 16.9 Å². The Balaban J connectivity index is 3.28. The van der Waals surface area contributed by atoms with E-state index in [1.165, 1.54) is 7.11 Å². The van der Waals surface area contributed by atoms with E-state index in [9.17, 15) is 4.79 Å².